The van der Waals surface area contributed by atoms with Gasteiger partial charge in [-0.25, -0.2) is 4.98 Å². The molecule has 0 radical (unpaired) electrons. The summed E-state index contributed by atoms with van der Waals surface area (Å²) in [4.78, 5) is 8.40. The molecule has 2 heterocycles. The van der Waals surface area contributed by atoms with Crippen molar-refractivity contribution >= 4 is 17.2 Å². The first-order valence-corrected chi connectivity index (χ1v) is 5.54. The van der Waals surface area contributed by atoms with Crippen LogP contribution in [0.3, 0.4) is 0 Å². The van der Waals surface area contributed by atoms with E-state index in [1.165, 1.54) is 0 Å². The second-order valence-electron chi connectivity index (χ2n) is 3.52. The van der Waals surface area contributed by atoms with Crippen LogP contribution in [0.1, 0.15) is 18.5 Å². The van der Waals surface area contributed by atoms with E-state index in [9.17, 15) is 0 Å². The molecule has 16 heavy (non-hydrogen) atoms. The monoisotopic (exact) mass is 239 g/mol. The molecule has 0 spiro atoms. The third-order valence-corrected chi connectivity index (χ3v) is 2.54. The lowest BCUT2D eigenvalue weighted by Crippen LogP contribution is -2.27. The molecule has 1 aromatic heterocycles. The van der Waals surface area contributed by atoms with Gasteiger partial charge in [0.2, 0.25) is 0 Å². The van der Waals surface area contributed by atoms with Crippen molar-refractivity contribution in [2.24, 2.45) is 5.73 Å². The van der Waals surface area contributed by atoms with Crippen LogP contribution in [0.2, 0.25) is 0 Å². The molecule has 0 unspecified atom stereocenters. The molecular formula is C10H13N3O2S. The van der Waals surface area contributed by atoms with E-state index in [0.29, 0.717) is 11.7 Å². The summed E-state index contributed by atoms with van der Waals surface area (Å²) >= 11 is 4.84. The lowest BCUT2D eigenvalue weighted by atomic mass is 10.2. The first kappa shape index (κ1) is 11.2. The SMILES string of the molecule is NC(=S)c1ccnc(OC2CCOCC2)n1. The van der Waals surface area contributed by atoms with Gasteiger partial charge in [0.1, 0.15) is 16.8 Å². The second kappa shape index (κ2) is 5.18. The van der Waals surface area contributed by atoms with Crippen LogP contribution in [-0.2, 0) is 4.74 Å². The Morgan fingerprint density at radius 2 is 2.25 bits per heavy atom. The van der Waals surface area contributed by atoms with Crippen LogP contribution in [-0.4, -0.2) is 34.3 Å². The highest BCUT2D eigenvalue weighted by Gasteiger charge is 2.16. The molecule has 0 aliphatic carbocycles. The molecule has 0 bridgehead atoms. The number of aromatic nitrogens is 2. The zero-order valence-corrected chi connectivity index (χ0v) is 9.57. The van der Waals surface area contributed by atoms with E-state index in [-0.39, 0.29) is 11.1 Å². The number of hydrogen-bond acceptors (Lipinski definition) is 5. The summed E-state index contributed by atoms with van der Waals surface area (Å²) in [5.74, 6) is 0. The molecule has 1 aliphatic heterocycles. The van der Waals surface area contributed by atoms with Gasteiger partial charge in [0.25, 0.3) is 0 Å². The molecule has 0 saturated carbocycles. The fourth-order valence-electron chi connectivity index (χ4n) is 1.48. The van der Waals surface area contributed by atoms with Gasteiger partial charge in [-0.2, -0.15) is 4.98 Å². The number of thiocarbonyl (C=S) groups is 1. The van der Waals surface area contributed by atoms with Gasteiger partial charge in [0.05, 0.1) is 13.2 Å². The minimum Gasteiger partial charge on any atom is -0.460 e. The first-order valence-electron chi connectivity index (χ1n) is 5.13. The van der Waals surface area contributed by atoms with Crippen molar-refractivity contribution in [1.29, 1.82) is 0 Å². The van der Waals surface area contributed by atoms with Crippen LogP contribution in [0.15, 0.2) is 12.3 Å². The summed E-state index contributed by atoms with van der Waals surface area (Å²) in [5, 5.41) is 0. The van der Waals surface area contributed by atoms with Crippen LogP contribution in [0.4, 0.5) is 0 Å². The molecule has 0 aromatic carbocycles. The van der Waals surface area contributed by atoms with Crippen LogP contribution in [0.5, 0.6) is 6.01 Å². The number of nitrogens with zero attached hydrogens (tertiary/aromatic N) is 2. The van der Waals surface area contributed by atoms with Crippen LogP contribution >= 0.6 is 12.2 Å². The van der Waals surface area contributed by atoms with Gasteiger partial charge in [-0.1, -0.05) is 12.2 Å². The molecule has 0 atom stereocenters. The maximum absolute atomic E-state index is 5.63. The molecule has 0 amide bonds. The lowest BCUT2D eigenvalue weighted by molar-refractivity contribution is 0.0217. The summed E-state index contributed by atoms with van der Waals surface area (Å²) in [5.41, 5.74) is 6.02. The summed E-state index contributed by atoms with van der Waals surface area (Å²) in [6.07, 6.45) is 3.44. The second-order valence-corrected chi connectivity index (χ2v) is 3.96. The van der Waals surface area contributed by atoms with Crippen LogP contribution in [0.25, 0.3) is 0 Å². The Morgan fingerprint density at radius 1 is 1.50 bits per heavy atom. The Bertz CT molecular complexity index is 380. The minimum absolute atomic E-state index is 0.121. The largest absolute Gasteiger partial charge is 0.460 e. The molecule has 1 saturated heterocycles. The van der Waals surface area contributed by atoms with E-state index in [4.69, 9.17) is 27.4 Å². The van der Waals surface area contributed by atoms with E-state index in [0.717, 1.165) is 26.1 Å². The predicted octanol–water partition coefficient (Wildman–Crippen LogP) is 0.669. The topological polar surface area (TPSA) is 70.3 Å². The molecule has 5 nitrogen and oxygen atoms in total. The Morgan fingerprint density at radius 3 is 2.94 bits per heavy atom. The summed E-state index contributed by atoms with van der Waals surface area (Å²) in [6.45, 7) is 1.44. The van der Waals surface area contributed by atoms with E-state index in [2.05, 4.69) is 9.97 Å². The minimum atomic E-state index is 0.121. The Kier molecular flexibility index (Phi) is 3.63. The van der Waals surface area contributed by atoms with Gasteiger partial charge < -0.3 is 15.2 Å². The summed E-state index contributed by atoms with van der Waals surface area (Å²) in [7, 11) is 0. The van der Waals surface area contributed by atoms with Gasteiger partial charge in [-0.15, -0.1) is 0 Å². The molecule has 86 valence electrons. The highest BCUT2D eigenvalue weighted by Crippen LogP contribution is 2.13. The molecule has 2 rings (SSSR count). The molecule has 6 heteroatoms. The Balaban J connectivity index is 2.02. The summed E-state index contributed by atoms with van der Waals surface area (Å²) < 4.78 is 10.9. The number of ether oxygens (including phenoxy) is 2. The van der Waals surface area contributed by atoms with Gasteiger partial charge in [-0.05, 0) is 6.07 Å². The number of hydrogen-bond donors (Lipinski definition) is 1. The third-order valence-electron chi connectivity index (χ3n) is 2.33. The van der Waals surface area contributed by atoms with Crippen molar-refractivity contribution in [2.45, 2.75) is 18.9 Å². The predicted molar refractivity (Wildman–Crippen MR) is 62.4 cm³/mol. The van der Waals surface area contributed by atoms with E-state index in [1.807, 2.05) is 0 Å². The van der Waals surface area contributed by atoms with Crippen molar-refractivity contribution in [3.63, 3.8) is 0 Å². The van der Waals surface area contributed by atoms with Crippen molar-refractivity contribution < 1.29 is 9.47 Å². The normalized spacial score (nSPS) is 17.0. The molecule has 1 aliphatic rings. The maximum atomic E-state index is 5.63. The highest BCUT2D eigenvalue weighted by molar-refractivity contribution is 7.80. The first-order chi connectivity index (χ1) is 7.75. The zero-order chi connectivity index (χ0) is 11.4. The quantitative estimate of drug-likeness (QED) is 0.782. The van der Waals surface area contributed by atoms with Crippen molar-refractivity contribution in [1.82, 2.24) is 9.97 Å². The molecule has 1 aromatic rings. The van der Waals surface area contributed by atoms with Crippen molar-refractivity contribution in [3.8, 4) is 6.01 Å². The van der Waals surface area contributed by atoms with Gasteiger partial charge in [0.15, 0.2) is 0 Å². The Hall–Kier alpha value is -1.27. The molecule has 2 N–H and O–H groups in total. The van der Waals surface area contributed by atoms with Crippen molar-refractivity contribution in [3.05, 3.63) is 18.0 Å². The highest BCUT2D eigenvalue weighted by atomic mass is 32.1. The Labute approximate surface area is 99.0 Å². The van der Waals surface area contributed by atoms with Crippen LogP contribution in [0, 0.1) is 0 Å². The average Bonchev–Trinajstić information content (AvgIpc) is 2.30. The van der Waals surface area contributed by atoms with Gasteiger partial charge in [-0.3, -0.25) is 0 Å². The molecule has 1 fully saturated rings. The van der Waals surface area contributed by atoms with E-state index in [1.54, 1.807) is 12.3 Å². The fourth-order valence-corrected chi connectivity index (χ4v) is 1.59. The smallest absolute Gasteiger partial charge is 0.317 e. The van der Waals surface area contributed by atoms with Crippen molar-refractivity contribution in [2.75, 3.05) is 13.2 Å². The van der Waals surface area contributed by atoms with Gasteiger partial charge in [0, 0.05) is 19.0 Å². The zero-order valence-electron chi connectivity index (χ0n) is 8.76. The number of rotatable bonds is 3. The maximum Gasteiger partial charge on any atom is 0.317 e. The number of nitrogens with two attached hydrogens (primary N) is 1. The van der Waals surface area contributed by atoms with Crippen LogP contribution < -0.4 is 10.5 Å². The third kappa shape index (κ3) is 2.86. The van der Waals surface area contributed by atoms with E-state index < -0.39 is 0 Å². The van der Waals surface area contributed by atoms with Gasteiger partial charge >= 0.3 is 6.01 Å². The van der Waals surface area contributed by atoms with E-state index >= 15 is 0 Å². The average molecular weight is 239 g/mol. The molecular weight excluding hydrogens is 226 g/mol. The fraction of sp³-hybridized carbons (Fsp3) is 0.500. The standard InChI is InChI=1S/C10H13N3O2S/c11-9(16)8-1-4-12-10(13-8)15-7-2-5-14-6-3-7/h1,4,7H,2-3,5-6H2,(H2,11,16). The summed E-state index contributed by atoms with van der Waals surface area (Å²) in [6, 6.07) is 2.00. The lowest BCUT2D eigenvalue weighted by Gasteiger charge is -2.22.